The second-order valence-corrected chi connectivity index (χ2v) is 12.6. The van der Waals surface area contributed by atoms with E-state index in [1.807, 2.05) is 44.2 Å². The number of hydrogen-bond donors (Lipinski definition) is 0. The molecule has 0 fully saturated rings. The molecule has 2 heterocycles. The molecule has 0 unspecified atom stereocenters. The van der Waals surface area contributed by atoms with Crippen LogP contribution in [0.15, 0.2) is 80.1 Å². The van der Waals surface area contributed by atoms with Gasteiger partial charge in [0.15, 0.2) is 27.8 Å². The zero-order valence-corrected chi connectivity index (χ0v) is 29.8. The van der Waals surface area contributed by atoms with E-state index in [2.05, 4.69) is 20.9 Å². The van der Waals surface area contributed by atoms with Crippen molar-refractivity contribution in [3.05, 3.63) is 112 Å². The standard InChI is InChI=1S/C35H34BrClN2O7S/c1-6-43-26-14-13-22(18-27(26)44-7-2)31-30(34(41)45-8-3)20(4)38-35-39(31)33(40)29(47-35)17-21-15-24(36)32(28(16-21)42-5)46-19-23-11-9-10-12-25(23)37/h9-18,31H,6-8,19H2,1-5H3/b29-17-/t31-/m1/s1. The monoisotopic (exact) mass is 740 g/mol. The number of benzene rings is 3. The molecule has 9 nitrogen and oxygen atoms in total. The Labute approximate surface area is 289 Å². The molecule has 0 spiro atoms. The van der Waals surface area contributed by atoms with Crippen LogP contribution in [0.5, 0.6) is 23.0 Å². The van der Waals surface area contributed by atoms with Crippen molar-refractivity contribution >= 4 is 50.9 Å². The summed E-state index contributed by atoms with van der Waals surface area (Å²) < 4.78 is 31.4. The lowest BCUT2D eigenvalue weighted by molar-refractivity contribution is -0.139. The lowest BCUT2D eigenvalue weighted by Gasteiger charge is -2.25. The minimum Gasteiger partial charge on any atom is -0.493 e. The summed E-state index contributed by atoms with van der Waals surface area (Å²) in [5.74, 6) is 1.52. The molecule has 1 aliphatic heterocycles. The van der Waals surface area contributed by atoms with Gasteiger partial charge in [-0.25, -0.2) is 9.79 Å². The van der Waals surface area contributed by atoms with Crippen molar-refractivity contribution in [1.29, 1.82) is 0 Å². The molecule has 0 aliphatic carbocycles. The van der Waals surface area contributed by atoms with Crippen LogP contribution in [0, 0.1) is 0 Å². The SMILES string of the molecule is CCOC(=O)C1=C(C)N=c2s/c(=C\c3cc(Br)c(OCc4ccccc4Cl)c(OC)c3)c(=O)n2[C@@H]1c1ccc(OCC)c(OCC)c1. The van der Waals surface area contributed by atoms with Crippen molar-refractivity contribution < 1.29 is 28.5 Å². The number of aromatic nitrogens is 1. The first-order chi connectivity index (χ1) is 22.7. The number of carbonyl (C=O) groups excluding carboxylic acids is 1. The Morgan fingerprint density at radius 1 is 1.00 bits per heavy atom. The normalized spacial score (nSPS) is 14.4. The van der Waals surface area contributed by atoms with Gasteiger partial charge < -0.3 is 23.7 Å². The maximum absolute atomic E-state index is 14.2. The number of ether oxygens (including phenoxy) is 5. The van der Waals surface area contributed by atoms with Crippen molar-refractivity contribution in [2.24, 2.45) is 4.99 Å². The summed E-state index contributed by atoms with van der Waals surface area (Å²) in [7, 11) is 1.55. The van der Waals surface area contributed by atoms with Gasteiger partial charge in [-0.15, -0.1) is 0 Å². The van der Waals surface area contributed by atoms with E-state index >= 15 is 0 Å². The Kier molecular flexibility index (Phi) is 11.1. The molecule has 47 heavy (non-hydrogen) atoms. The molecule has 246 valence electrons. The van der Waals surface area contributed by atoms with Gasteiger partial charge in [-0.2, -0.15) is 0 Å². The quantitative estimate of drug-likeness (QED) is 0.151. The summed E-state index contributed by atoms with van der Waals surface area (Å²) in [5, 5.41) is 0.605. The van der Waals surface area contributed by atoms with Crippen LogP contribution in [0.4, 0.5) is 0 Å². The van der Waals surface area contributed by atoms with Crippen LogP contribution in [0.25, 0.3) is 6.08 Å². The fourth-order valence-corrected chi connectivity index (χ4v) is 7.04. The zero-order chi connectivity index (χ0) is 33.7. The fraction of sp³-hybridized carbons (Fsp3) is 0.286. The van der Waals surface area contributed by atoms with Crippen LogP contribution in [0.3, 0.4) is 0 Å². The lowest BCUT2D eigenvalue weighted by atomic mass is 9.95. The van der Waals surface area contributed by atoms with Gasteiger partial charge in [0.05, 0.1) is 53.2 Å². The Hall–Kier alpha value is -4.06. The number of allylic oxidation sites excluding steroid dienone is 1. The molecule has 0 bridgehead atoms. The molecule has 0 saturated carbocycles. The first-order valence-electron chi connectivity index (χ1n) is 15.0. The molecular formula is C35H34BrClN2O7S. The number of rotatable bonds is 12. The third kappa shape index (κ3) is 7.27. The van der Waals surface area contributed by atoms with Gasteiger partial charge in [-0.1, -0.05) is 47.2 Å². The molecule has 0 amide bonds. The maximum Gasteiger partial charge on any atom is 0.338 e. The van der Waals surface area contributed by atoms with E-state index in [0.29, 0.717) is 71.9 Å². The number of carbonyl (C=O) groups is 1. The van der Waals surface area contributed by atoms with Crippen LogP contribution in [-0.2, 0) is 16.1 Å². The van der Waals surface area contributed by atoms with E-state index in [1.54, 1.807) is 51.3 Å². The van der Waals surface area contributed by atoms with Crippen LogP contribution in [0.1, 0.15) is 50.4 Å². The molecule has 0 N–H and O–H groups in total. The Morgan fingerprint density at radius 2 is 1.74 bits per heavy atom. The topological polar surface area (TPSA) is 97.6 Å². The smallest absolute Gasteiger partial charge is 0.338 e. The van der Waals surface area contributed by atoms with E-state index in [1.165, 1.54) is 15.9 Å². The number of thiazole rings is 1. The van der Waals surface area contributed by atoms with Crippen molar-refractivity contribution in [1.82, 2.24) is 4.57 Å². The van der Waals surface area contributed by atoms with Gasteiger partial charge in [0.25, 0.3) is 5.56 Å². The predicted molar refractivity (Wildman–Crippen MR) is 186 cm³/mol. The zero-order valence-electron chi connectivity index (χ0n) is 26.6. The second-order valence-electron chi connectivity index (χ2n) is 10.3. The summed E-state index contributed by atoms with van der Waals surface area (Å²) in [4.78, 5) is 32.7. The number of methoxy groups -OCH3 is 1. The highest BCUT2D eigenvalue weighted by atomic mass is 79.9. The van der Waals surface area contributed by atoms with Crippen LogP contribution < -0.4 is 33.8 Å². The van der Waals surface area contributed by atoms with Crippen LogP contribution >= 0.6 is 38.9 Å². The molecule has 12 heteroatoms. The van der Waals surface area contributed by atoms with Gasteiger partial charge in [0, 0.05) is 10.6 Å². The Bertz CT molecular complexity index is 2020. The van der Waals surface area contributed by atoms with Crippen molar-refractivity contribution in [3.8, 4) is 23.0 Å². The summed E-state index contributed by atoms with van der Waals surface area (Å²) in [6.45, 7) is 8.54. The third-order valence-corrected chi connectivity index (χ3v) is 9.22. The van der Waals surface area contributed by atoms with Gasteiger partial charge in [0.2, 0.25) is 0 Å². The molecule has 5 rings (SSSR count). The van der Waals surface area contributed by atoms with Gasteiger partial charge in [0.1, 0.15) is 6.61 Å². The predicted octanol–water partition coefficient (Wildman–Crippen LogP) is 6.60. The first kappa shape index (κ1) is 34.3. The average molecular weight is 742 g/mol. The highest BCUT2D eigenvalue weighted by Gasteiger charge is 2.34. The summed E-state index contributed by atoms with van der Waals surface area (Å²) in [6.07, 6.45) is 1.76. The first-order valence-corrected chi connectivity index (χ1v) is 17.0. The lowest BCUT2D eigenvalue weighted by Crippen LogP contribution is -2.40. The summed E-state index contributed by atoms with van der Waals surface area (Å²) in [5.41, 5.74) is 2.63. The number of fused-ring (bicyclic) bond motifs is 1. The molecule has 1 aromatic heterocycles. The van der Waals surface area contributed by atoms with Gasteiger partial charge in [-0.05, 0) is 91.2 Å². The van der Waals surface area contributed by atoms with Crippen molar-refractivity contribution in [2.75, 3.05) is 26.9 Å². The van der Waals surface area contributed by atoms with E-state index in [4.69, 9.17) is 35.3 Å². The molecular weight excluding hydrogens is 708 g/mol. The summed E-state index contributed by atoms with van der Waals surface area (Å²) in [6, 6.07) is 15.7. The second kappa shape index (κ2) is 15.2. The van der Waals surface area contributed by atoms with Crippen molar-refractivity contribution in [2.45, 2.75) is 40.3 Å². The molecule has 1 atom stereocenters. The van der Waals surface area contributed by atoms with Crippen molar-refractivity contribution in [3.63, 3.8) is 0 Å². The minimum atomic E-state index is -0.802. The maximum atomic E-state index is 14.2. The van der Waals surface area contributed by atoms with E-state index in [9.17, 15) is 9.59 Å². The number of nitrogens with zero attached hydrogens (tertiary/aromatic N) is 2. The minimum absolute atomic E-state index is 0.176. The molecule has 4 aromatic rings. The average Bonchev–Trinajstić information content (AvgIpc) is 3.35. The highest BCUT2D eigenvalue weighted by Crippen LogP contribution is 2.39. The molecule has 0 radical (unpaired) electrons. The largest absolute Gasteiger partial charge is 0.493 e. The number of hydrogen-bond acceptors (Lipinski definition) is 9. The van der Waals surface area contributed by atoms with E-state index in [0.717, 1.165) is 5.56 Å². The fourth-order valence-electron chi connectivity index (χ4n) is 5.22. The van der Waals surface area contributed by atoms with Crippen LogP contribution in [-0.4, -0.2) is 37.5 Å². The number of halogens is 2. The molecule has 3 aromatic carbocycles. The Morgan fingerprint density at radius 3 is 2.45 bits per heavy atom. The molecule has 1 aliphatic rings. The Balaban J connectivity index is 1.60. The molecule has 0 saturated heterocycles. The van der Waals surface area contributed by atoms with E-state index < -0.39 is 12.0 Å². The number of esters is 1. The van der Waals surface area contributed by atoms with Gasteiger partial charge >= 0.3 is 5.97 Å². The van der Waals surface area contributed by atoms with Crippen LogP contribution in [0.2, 0.25) is 5.02 Å². The van der Waals surface area contributed by atoms with Gasteiger partial charge in [-0.3, -0.25) is 9.36 Å². The third-order valence-electron chi connectivity index (χ3n) is 7.28. The van der Waals surface area contributed by atoms with E-state index in [-0.39, 0.29) is 24.3 Å². The highest BCUT2D eigenvalue weighted by molar-refractivity contribution is 9.10. The summed E-state index contributed by atoms with van der Waals surface area (Å²) >= 11 is 11.1.